The highest BCUT2D eigenvalue weighted by atomic mass is 28.3. The van der Waals surface area contributed by atoms with Gasteiger partial charge in [0.05, 0.1) is 5.39 Å². The predicted molar refractivity (Wildman–Crippen MR) is 205 cm³/mol. The van der Waals surface area contributed by atoms with Crippen LogP contribution in [0.15, 0.2) is 187 Å². The van der Waals surface area contributed by atoms with Crippen LogP contribution in [0.5, 0.6) is 0 Å². The molecule has 0 saturated carbocycles. The summed E-state index contributed by atoms with van der Waals surface area (Å²) in [5, 5.41) is 7.02. The van der Waals surface area contributed by atoms with Gasteiger partial charge in [0, 0.05) is 22.7 Å². The summed E-state index contributed by atoms with van der Waals surface area (Å²) in [5.41, 5.74) is 3.99. The van der Waals surface area contributed by atoms with Gasteiger partial charge in [0.15, 0.2) is 25.5 Å². The van der Waals surface area contributed by atoms with Gasteiger partial charge in [0.2, 0.25) is 0 Å². The number of hydrogen-bond acceptors (Lipinski definition) is 5. The lowest BCUT2D eigenvalue weighted by Crippen LogP contribution is -2.74. The monoisotopic (exact) mass is 658 g/mol. The summed E-state index contributed by atoms with van der Waals surface area (Å²) in [5.74, 6) is 1.67. The molecule has 0 saturated heterocycles. The fraction of sp³-hybridized carbons (Fsp3) is 0. The molecule has 0 spiro atoms. The Morgan fingerprint density at radius 2 is 0.860 bits per heavy atom. The van der Waals surface area contributed by atoms with E-state index in [2.05, 4.69) is 109 Å². The Kier molecular flexibility index (Phi) is 7.41. The lowest BCUT2D eigenvalue weighted by Gasteiger charge is -2.34. The summed E-state index contributed by atoms with van der Waals surface area (Å²) in [4.78, 5) is 19.9. The molecular weight excluding hydrogens is 629 g/mol. The van der Waals surface area contributed by atoms with Gasteiger partial charge in [0.25, 0.3) is 0 Å². The molecular formula is C44H30N4OSi. The molecule has 5 nitrogen and oxygen atoms in total. The highest BCUT2D eigenvalue weighted by Crippen LogP contribution is 2.35. The molecule has 0 aliphatic rings. The molecule has 0 N–H and O–H groups in total. The third kappa shape index (κ3) is 5.01. The van der Waals surface area contributed by atoms with Crippen LogP contribution in [-0.4, -0.2) is 28.0 Å². The average Bonchev–Trinajstić information content (AvgIpc) is 3.58. The van der Waals surface area contributed by atoms with Crippen LogP contribution in [0.4, 0.5) is 0 Å². The summed E-state index contributed by atoms with van der Waals surface area (Å²) in [6.45, 7) is 0. The van der Waals surface area contributed by atoms with Crippen molar-refractivity contribution in [1.82, 2.24) is 19.9 Å². The minimum Gasteiger partial charge on any atom is -0.456 e. The average molecular weight is 659 g/mol. The number of furan rings is 1. The molecule has 50 heavy (non-hydrogen) atoms. The topological polar surface area (TPSA) is 64.7 Å². The van der Waals surface area contributed by atoms with E-state index in [0.29, 0.717) is 23.2 Å². The number of aromatic nitrogens is 4. The minimum absolute atomic E-state index is 0.495. The molecule has 3 heterocycles. The van der Waals surface area contributed by atoms with Crippen LogP contribution >= 0.6 is 0 Å². The predicted octanol–water partition coefficient (Wildman–Crippen LogP) is 7.54. The maximum absolute atomic E-state index is 6.53. The summed E-state index contributed by atoms with van der Waals surface area (Å²) in [6, 6.07) is 61.4. The lowest BCUT2D eigenvalue weighted by atomic mass is 10.1. The van der Waals surface area contributed by atoms with Crippen LogP contribution in [0.25, 0.3) is 56.2 Å². The van der Waals surface area contributed by atoms with E-state index in [9.17, 15) is 0 Å². The van der Waals surface area contributed by atoms with Gasteiger partial charge in [-0.05, 0) is 32.9 Å². The quantitative estimate of drug-likeness (QED) is 0.131. The Labute approximate surface area is 290 Å². The van der Waals surface area contributed by atoms with Gasteiger partial charge in [-0.3, -0.25) is 4.98 Å². The van der Waals surface area contributed by atoms with E-state index >= 15 is 0 Å². The van der Waals surface area contributed by atoms with E-state index in [1.54, 1.807) is 6.20 Å². The van der Waals surface area contributed by atoms with Crippen LogP contribution in [0.2, 0.25) is 0 Å². The van der Waals surface area contributed by atoms with Gasteiger partial charge < -0.3 is 4.42 Å². The summed E-state index contributed by atoms with van der Waals surface area (Å²) in [7, 11) is -2.78. The van der Waals surface area contributed by atoms with Gasteiger partial charge in [-0.2, -0.15) is 0 Å². The first-order valence-electron chi connectivity index (χ1n) is 16.6. The van der Waals surface area contributed by atoms with Crippen molar-refractivity contribution in [2.75, 3.05) is 0 Å². The van der Waals surface area contributed by atoms with Crippen molar-refractivity contribution >= 4 is 50.8 Å². The number of rotatable bonds is 7. The third-order valence-corrected chi connectivity index (χ3v) is 14.1. The molecule has 0 bridgehead atoms. The Morgan fingerprint density at radius 1 is 0.400 bits per heavy atom. The second-order valence-electron chi connectivity index (χ2n) is 12.2. The Balaban J connectivity index is 1.33. The number of pyridine rings is 1. The molecule has 3 aromatic heterocycles. The molecule has 0 unspecified atom stereocenters. The van der Waals surface area contributed by atoms with Crippen molar-refractivity contribution in [3.05, 3.63) is 182 Å². The maximum atomic E-state index is 6.53. The number of fused-ring (bicyclic) bond motifs is 3. The van der Waals surface area contributed by atoms with Crippen LogP contribution in [0, 0.1) is 0 Å². The van der Waals surface area contributed by atoms with E-state index in [0.717, 1.165) is 33.1 Å². The summed E-state index contributed by atoms with van der Waals surface area (Å²) in [6.07, 6.45) is 1.77. The minimum atomic E-state index is -2.78. The van der Waals surface area contributed by atoms with Gasteiger partial charge in [-0.1, -0.05) is 164 Å². The van der Waals surface area contributed by atoms with E-state index in [-0.39, 0.29) is 0 Å². The molecule has 9 rings (SSSR count). The zero-order valence-electron chi connectivity index (χ0n) is 27.0. The molecule has 0 aliphatic carbocycles. The molecule has 0 aliphatic heterocycles. The van der Waals surface area contributed by atoms with Crippen molar-refractivity contribution in [1.29, 1.82) is 0 Å². The standard InChI is InChI=1S/C44H30N4OSi/c1-6-16-31(17-7-1)42-46-43(32-18-8-2-9-19-32)48-44(47-42)41-40-37-30-36(26-27-38(37)49-39(40)28-29-45-41)50(33-20-10-3-11-21-33,34-22-12-4-13-23-34)35-24-14-5-15-25-35/h1-30H. The van der Waals surface area contributed by atoms with E-state index in [4.69, 9.17) is 24.4 Å². The zero-order valence-corrected chi connectivity index (χ0v) is 28.0. The van der Waals surface area contributed by atoms with Crippen molar-refractivity contribution in [3.63, 3.8) is 0 Å². The third-order valence-electron chi connectivity index (χ3n) is 9.35. The van der Waals surface area contributed by atoms with Crippen molar-refractivity contribution < 1.29 is 4.42 Å². The molecule has 0 fully saturated rings. The number of nitrogens with zero attached hydrogens (tertiary/aromatic N) is 4. The van der Waals surface area contributed by atoms with E-state index in [1.807, 2.05) is 66.7 Å². The van der Waals surface area contributed by atoms with Crippen molar-refractivity contribution in [3.8, 4) is 34.3 Å². The van der Waals surface area contributed by atoms with Gasteiger partial charge in [-0.15, -0.1) is 0 Å². The van der Waals surface area contributed by atoms with Crippen molar-refractivity contribution in [2.45, 2.75) is 0 Å². The highest BCUT2D eigenvalue weighted by molar-refractivity contribution is 7.20. The largest absolute Gasteiger partial charge is 0.456 e. The Hall–Kier alpha value is -6.50. The Bertz CT molecular complexity index is 2420. The van der Waals surface area contributed by atoms with Gasteiger partial charge >= 0.3 is 0 Å². The molecule has 0 atom stereocenters. The Morgan fingerprint density at radius 3 is 1.36 bits per heavy atom. The molecule has 9 aromatic rings. The first-order valence-corrected chi connectivity index (χ1v) is 18.6. The van der Waals surface area contributed by atoms with Gasteiger partial charge in [-0.25, -0.2) is 15.0 Å². The SMILES string of the molecule is c1ccc(-c2nc(-c3ccccc3)nc(-c3nccc4oc5ccc([Si](c6ccccc6)(c6ccccc6)c6ccccc6)cc5c34)n2)cc1. The second kappa shape index (κ2) is 12.5. The van der Waals surface area contributed by atoms with Crippen LogP contribution in [0.1, 0.15) is 0 Å². The molecule has 0 radical (unpaired) electrons. The first kappa shape index (κ1) is 29.6. The zero-order chi connectivity index (χ0) is 33.3. The van der Waals surface area contributed by atoms with Crippen LogP contribution in [-0.2, 0) is 0 Å². The summed E-state index contributed by atoms with van der Waals surface area (Å²) < 4.78 is 6.53. The fourth-order valence-electron chi connectivity index (χ4n) is 7.10. The lowest BCUT2D eigenvalue weighted by molar-refractivity contribution is 0.668. The highest BCUT2D eigenvalue weighted by Gasteiger charge is 2.41. The van der Waals surface area contributed by atoms with E-state index in [1.165, 1.54) is 20.7 Å². The normalized spacial score (nSPS) is 11.6. The van der Waals surface area contributed by atoms with Gasteiger partial charge in [0.1, 0.15) is 16.9 Å². The van der Waals surface area contributed by atoms with Crippen LogP contribution < -0.4 is 20.7 Å². The molecule has 6 aromatic carbocycles. The van der Waals surface area contributed by atoms with E-state index < -0.39 is 8.07 Å². The smallest absolute Gasteiger partial charge is 0.183 e. The number of hydrogen-bond donors (Lipinski definition) is 0. The maximum Gasteiger partial charge on any atom is 0.183 e. The summed E-state index contributed by atoms with van der Waals surface area (Å²) >= 11 is 0. The fourth-order valence-corrected chi connectivity index (χ4v) is 11.9. The molecule has 236 valence electrons. The first-order chi connectivity index (χ1) is 24.8. The molecule has 6 heteroatoms. The van der Waals surface area contributed by atoms with Crippen molar-refractivity contribution in [2.24, 2.45) is 0 Å². The second-order valence-corrected chi connectivity index (χ2v) is 16.0. The molecule has 0 amide bonds. The number of benzene rings is 6. The van der Waals surface area contributed by atoms with Crippen LogP contribution in [0.3, 0.4) is 0 Å².